The van der Waals surface area contributed by atoms with Crippen LogP contribution >= 0.6 is 0 Å². The molecular weight excluding hydrogens is 286 g/mol. The molecule has 1 atom stereocenters. The van der Waals surface area contributed by atoms with Crippen LogP contribution in [0.2, 0.25) is 0 Å². The summed E-state index contributed by atoms with van der Waals surface area (Å²) in [6, 6.07) is 20.5. The van der Waals surface area contributed by atoms with Gasteiger partial charge >= 0.3 is 0 Å². The SMILES string of the molecule is O=C([C@H]1CCOC1)N(CCc1ccccc1)Cc1ccccc1. The minimum atomic E-state index is 0.0227. The molecule has 0 aromatic heterocycles. The maximum absolute atomic E-state index is 12.8. The third kappa shape index (κ3) is 4.42. The highest BCUT2D eigenvalue weighted by molar-refractivity contribution is 5.79. The summed E-state index contributed by atoms with van der Waals surface area (Å²) in [5.74, 6) is 0.247. The summed E-state index contributed by atoms with van der Waals surface area (Å²) < 4.78 is 5.39. The fourth-order valence-electron chi connectivity index (χ4n) is 2.97. The third-order valence-electron chi connectivity index (χ3n) is 4.32. The van der Waals surface area contributed by atoms with Crippen LogP contribution in [0.25, 0.3) is 0 Å². The molecule has 3 rings (SSSR count). The van der Waals surface area contributed by atoms with Gasteiger partial charge in [0.25, 0.3) is 0 Å². The number of ether oxygens (including phenoxy) is 1. The molecule has 0 radical (unpaired) electrons. The molecule has 1 heterocycles. The summed E-state index contributed by atoms with van der Waals surface area (Å²) in [5.41, 5.74) is 2.44. The zero-order chi connectivity index (χ0) is 15.9. The van der Waals surface area contributed by atoms with Crippen LogP contribution in [0.1, 0.15) is 17.5 Å². The number of benzene rings is 2. The lowest BCUT2D eigenvalue weighted by Gasteiger charge is -2.25. The zero-order valence-electron chi connectivity index (χ0n) is 13.4. The van der Waals surface area contributed by atoms with Crippen molar-refractivity contribution in [3.8, 4) is 0 Å². The summed E-state index contributed by atoms with van der Waals surface area (Å²) in [4.78, 5) is 14.8. The van der Waals surface area contributed by atoms with Crippen LogP contribution in [-0.2, 0) is 22.5 Å². The van der Waals surface area contributed by atoms with Gasteiger partial charge in [0, 0.05) is 19.7 Å². The Hall–Kier alpha value is -2.13. The van der Waals surface area contributed by atoms with Crippen molar-refractivity contribution < 1.29 is 9.53 Å². The molecular formula is C20H23NO2. The summed E-state index contributed by atoms with van der Waals surface area (Å²) in [7, 11) is 0. The van der Waals surface area contributed by atoms with Gasteiger partial charge < -0.3 is 9.64 Å². The highest BCUT2D eigenvalue weighted by Crippen LogP contribution is 2.18. The molecule has 0 bridgehead atoms. The molecule has 0 N–H and O–H groups in total. The third-order valence-corrected chi connectivity index (χ3v) is 4.32. The molecule has 0 unspecified atom stereocenters. The van der Waals surface area contributed by atoms with Crippen LogP contribution in [-0.4, -0.2) is 30.6 Å². The smallest absolute Gasteiger partial charge is 0.228 e. The van der Waals surface area contributed by atoms with Gasteiger partial charge in [-0.3, -0.25) is 4.79 Å². The average molecular weight is 309 g/mol. The van der Waals surface area contributed by atoms with Crippen LogP contribution < -0.4 is 0 Å². The summed E-state index contributed by atoms with van der Waals surface area (Å²) in [6.45, 7) is 2.68. The van der Waals surface area contributed by atoms with E-state index >= 15 is 0 Å². The van der Waals surface area contributed by atoms with Gasteiger partial charge in [0.2, 0.25) is 5.91 Å². The molecule has 2 aromatic carbocycles. The second-order valence-electron chi connectivity index (χ2n) is 6.04. The lowest BCUT2D eigenvalue weighted by molar-refractivity contribution is -0.136. The largest absolute Gasteiger partial charge is 0.381 e. The van der Waals surface area contributed by atoms with Crippen molar-refractivity contribution >= 4 is 5.91 Å². The fourth-order valence-corrected chi connectivity index (χ4v) is 2.97. The van der Waals surface area contributed by atoms with Crippen molar-refractivity contribution in [1.29, 1.82) is 0 Å². The van der Waals surface area contributed by atoms with Crippen LogP contribution in [0.5, 0.6) is 0 Å². The standard InChI is InChI=1S/C20H23NO2/c22-20(19-12-14-23-16-19)21(15-18-9-5-2-6-10-18)13-11-17-7-3-1-4-8-17/h1-10,19H,11-16H2/t19-/m0/s1. The van der Waals surface area contributed by atoms with E-state index in [1.165, 1.54) is 11.1 Å². The number of carbonyl (C=O) groups excluding carboxylic acids is 1. The molecule has 0 saturated carbocycles. The molecule has 2 aromatic rings. The maximum Gasteiger partial charge on any atom is 0.228 e. The first-order valence-corrected chi connectivity index (χ1v) is 8.27. The molecule has 0 aliphatic carbocycles. The van der Waals surface area contributed by atoms with Gasteiger partial charge in [-0.1, -0.05) is 60.7 Å². The Morgan fingerprint density at radius 3 is 2.26 bits per heavy atom. The van der Waals surface area contributed by atoms with E-state index in [1.807, 2.05) is 41.3 Å². The molecule has 120 valence electrons. The average Bonchev–Trinajstić information content (AvgIpc) is 3.14. The Kier molecular flexibility index (Phi) is 5.43. The monoisotopic (exact) mass is 309 g/mol. The normalized spacial score (nSPS) is 17.1. The van der Waals surface area contributed by atoms with E-state index < -0.39 is 0 Å². The van der Waals surface area contributed by atoms with Crippen molar-refractivity contribution in [2.75, 3.05) is 19.8 Å². The van der Waals surface area contributed by atoms with Crippen molar-refractivity contribution in [2.24, 2.45) is 5.92 Å². The summed E-state index contributed by atoms with van der Waals surface area (Å²) >= 11 is 0. The van der Waals surface area contributed by atoms with Crippen molar-refractivity contribution in [3.05, 3.63) is 71.8 Å². The van der Waals surface area contributed by atoms with Crippen LogP contribution in [0.3, 0.4) is 0 Å². The van der Waals surface area contributed by atoms with Gasteiger partial charge in [0.05, 0.1) is 12.5 Å². The molecule has 3 heteroatoms. The van der Waals surface area contributed by atoms with Crippen LogP contribution in [0.15, 0.2) is 60.7 Å². The van der Waals surface area contributed by atoms with E-state index in [-0.39, 0.29) is 11.8 Å². The second-order valence-corrected chi connectivity index (χ2v) is 6.04. The zero-order valence-corrected chi connectivity index (χ0v) is 13.4. The van der Waals surface area contributed by atoms with E-state index in [4.69, 9.17) is 4.74 Å². The Morgan fingerprint density at radius 1 is 1.00 bits per heavy atom. The van der Waals surface area contributed by atoms with Crippen LogP contribution in [0, 0.1) is 5.92 Å². The quantitative estimate of drug-likeness (QED) is 0.819. The molecule has 1 amide bonds. The van der Waals surface area contributed by atoms with Crippen molar-refractivity contribution in [2.45, 2.75) is 19.4 Å². The number of nitrogens with zero attached hydrogens (tertiary/aromatic N) is 1. The number of rotatable bonds is 6. The first-order chi connectivity index (χ1) is 11.3. The predicted octanol–water partition coefficient (Wildman–Crippen LogP) is 3.29. The lowest BCUT2D eigenvalue weighted by Crippen LogP contribution is -2.37. The van der Waals surface area contributed by atoms with Gasteiger partial charge in [0.1, 0.15) is 0 Å². The van der Waals surface area contributed by atoms with Gasteiger partial charge in [-0.05, 0) is 24.0 Å². The molecule has 3 nitrogen and oxygen atoms in total. The van der Waals surface area contributed by atoms with E-state index in [0.29, 0.717) is 19.8 Å². The second kappa shape index (κ2) is 7.93. The van der Waals surface area contributed by atoms with Gasteiger partial charge in [0.15, 0.2) is 0 Å². The first-order valence-electron chi connectivity index (χ1n) is 8.27. The predicted molar refractivity (Wildman–Crippen MR) is 90.9 cm³/mol. The Morgan fingerprint density at radius 2 is 1.65 bits per heavy atom. The number of hydrogen-bond donors (Lipinski definition) is 0. The van der Waals surface area contributed by atoms with Crippen molar-refractivity contribution in [1.82, 2.24) is 4.90 Å². The lowest BCUT2D eigenvalue weighted by atomic mass is 10.1. The molecule has 1 saturated heterocycles. The van der Waals surface area contributed by atoms with Gasteiger partial charge in [-0.2, -0.15) is 0 Å². The molecule has 0 spiro atoms. The highest BCUT2D eigenvalue weighted by Gasteiger charge is 2.27. The summed E-state index contributed by atoms with van der Waals surface area (Å²) in [5, 5.41) is 0. The van der Waals surface area contributed by atoms with E-state index in [0.717, 1.165) is 19.4 Å². The van der Waals surface area contributed by atoms with E-state index in [2.05, 4.69) is 24.3 Å². The molecule has 1 aliphatic heterocycles. The van der Waals surface area contributed by atoms with Crippen LogP contribution in [0.4, 0.5) is 0 Å². The Labute approximate surface area is 137 Å². The van der Waals surface area contributed by atoms with Gasteiger partial charge in [-0.15, -0.1) is 0 Å². The molecule has 23 heavy (non-hydrogen) atoms. The Bertz CT molecular complexity index is 606. The van der Waals surface area contributed by atoms with E-state index in [9.17, 15) is 4.79 Å². The molecule has 1 aliphatic rings. The Balaban J connectivity index is 1.68. The number of amides is 1. The maximum atomic E-state index is 12.8. The number of carbonyl (C=O) groups is 1. The van der Waals surface area contributed by atoms with Gasteiger partial charge in [-0.25, -0.2) is 0 Å². The van der Waals surface area contributed by atoms with E-state index in [1.54, 1.807) is 0 Å². The minimum absolute atomic E-state index is 0.0227. The minimum Gasteiger partial charge on any atom is -0.381 e. The topological polar surface area (TPSA) is 29.5 Å². The molecule has 1 fully saturated rings. The first kappa shape index (κ1) is 15.8. The van der Waals surface area contributed by atoms with Crippen molar-refractivity contribution in [3.63, 3.8) is 0 Å². The summed E-state index contributed by atoms with van der Waals surface area (Å²) in [6.07, 6.45) is 1.72. The number of hydrogen-bond acceptors (Lipinski definition) is 2. The highest BCUT2D eigenvalue weighted by atomic mass is 16.5. The fraction of sp³-hybridized carbons (Fsp3) is 0.350.